The Kier molecular flexibility index (Phi) is 5.55. The summed E-state index contributed by atoms with van der Waals surface area (Å²) in [4.78, 5) is 13.2. The molecule has 0 aliphatic carbocycles. The van der Waals surface area contributed by atoms with E-state index < -0.39 is 0 Å². The molecule has 4 rings (SSSR count). The van der Waals surface area contributed by atoms with Crippen LogP contribution in [0.2, 0.25) is 15.1 Å². The second kappa shape index (κ2) is 8.11. The molecule has 146 valence electrons. The van der Waals surface area contributed by atoms with Crippen LogP contribution >= 0.6 is 34.8 Å². The largest absolute Gasteiger partial charge is 0.481 e. The lowest BCUT2D eigenvalue weighted by molar-refractivity contribution is 0.298. The summed E-state index contributed by atoms with van der Waals surface area (Å²) in [6, 6.07) is 17.7. The minimum Gasteiger partial charge on any atom is -0.481 e. The molecule has 6 heteroatoms. The highest BCUT2D eigenvalue weighted by molar-refractivity contribution is 6.42. The van der Waals surface area contributed by atoms with Crippen molar-refractivity contribution in [3.63, 3.8) is 0 Å². The van der Waals surface area contributed by atoms with Crippen LogP contribution in [0.4, 0.5) is 0 Å². The van der Waals surface area contributed by atoms with Crippen molar-refractivity contribution in [2.24, 2.45) is 0 Å². The van der Waals surface area contributed by atoms with E-state index in [4.69, 9.17) is 44.0 Å². The molecule has 0 radical (unpaired) electrons. The van der Waals surface area contributed by atoms with Gasteiger partial charge in [-0.3, -0.25) is 4.79 Å². The lowest BCUT2D eigenvalue weighted by Crippen LogP contribution is -2.10. The average Bonchev–Trinajstić information content (AvgIpc) is 2.71. The summed E-state index contributed by atoms with van der Waals surface area (Å²) in [6.07, 6.45) is 0. The van der Waals surface area contributed by atoms with Gasteiger partial charge >= 0.3 is 0 Å². The molecule has 0 unspecified atom stereocenters. The maximum Gasteiger partial charge on any atom is 0.235 e. The number of hydrogen-bond donors (Lipinski definition) is 0. The van der Waals surface area contributed by atoms with Crippen LogP contribution in [0.15, 0.2) is 69.9 Å². The fourth-order valence-electron chi connectivity index (χ4n) is 3.00. The molecule has 29 heavy (non-hydrogen) atoms. The van der Waals surface area contributed by atoms with E-state index in [1.807, 2.05) is 13.0 Å². The Bertz CT molecular complexity index is 1260. The molecule has 0 aliphatic heterocycles. The Morgan fingerprint density at radius 2 is 1.66 bits per heavy atom. The van der Waals surface area contributed by atoms with Gasteiger partial charge in [0.15, 0.2) is 5.76 Å². The Labute approximate surface area is 182 Å². The molecule has 0 aliphatic rings. The Morgan fingerprint density at radius 1 is 0.897 bits per heavy atom. The summed E-state index contributed by atoms with van der Waals surface area (Å²) in [5.41, 5.74) is 2.69. The number of aryl methyl sites for hydroxylation is 1. The Hall–Kier alpha value is -2.46. The number of halogens is 3. The summed E-state index contributed by atoms with van der Waals surface area (Å²) in [5, 5.41) is 1.93. The molecule has 4 aromatic rings. The molecule has 3 nitrogen and oxygen atoms in total. The number of rotatable bonds is 4. The van der Waals surface area contributed by atoms with Crippen LogP contribution in [0.5, 0.6) is 5.75 Å². The first-order valence-electron chi connectivity index (χ1n) is 8.82. The van der Waals surface area contributed by atoms with Gasteiger partial charge in [-0.2, -0.15) is 0 Å². The molecule has 0 amide bonds. The van der Waals surface area contributed by atoms with Gasteiger partial charge in [0.05, 0.1) is 15.4 Å². The molecule has 1 heterocycles. The van der Waals surface area contributed by atoms with Crippen molar-refractivity contribution in [1.29, 1.82) is 0 Å². The van der Waals surface area contributed by atoms with Crippen LogP contribution in [0.1, 0.15) is 11.1 Å². The number of fused-ring (bicyclic) bond motifs is 1. The lowest BCUT2D eigenvalue weighted by atomic mass is 10.1. The minimum absolute atomic E-state index is 0.136. The van der Waals surface area contributed by atoms with Crippen molar-refractivity contribution in [2.45, 2.75) is 13.5 Å². The second-order valence-corrected chi connectivity index (χ2v) is 7.88. The van der Waals surface area contributed by atoms with E-state index in [-0.39, 0.29) is 17.8 Å². The van der Waals surface area contributed by atoms with Gasteiger partial charge < -0.3 is 9.15 Å². The van der Waals surface area contributed by atoms with Crippen LogP contribution in [-0.2, 0) is 6.61 Å². The number of benzene rings is 3. The van der Waals surface area contributed by atoms with Crippen LogP contribution in [0.3, 0.4) is 0 Å². The second-order valence-electron chi connectivity index (χ2n) is 6.63. The first-order valence-corrected chi connectivity index (χ1v) is 9.96. The third-order valence-electron chi connectivity index (χ3n) is 4.48. The van der Waals surface area contributed by atoms with Crippen LogP contribution in [0, 0.1) is 6.92 Å². The van der Waals surface area contributed by atoms with Crippen molar-refractivity contribution in [1.82, 2.24) is 0 Å². The van der Waals surface area contributed by atoms with Gasteiger partial charge in [-0.05, 0) is 61.0 Å². The van der Waals surface area contributed by atoms with E-state index in [9.17, 15) is 4.79 Å². The normalized spacial score (nSPS) is 11.0. The minimum atomic E-state index is -0.236. The lowest BCUT2D eigenvalue weighted by Gasteiger charge is -2.12. The predicted octanol–water partition coefficient (Wildman–Crippen LogP) is 7.31. The van der Waals surface area contributed by atoms with E-state index in [1.54, 1.807) is 54.6 Å². The standard InChI is InChI=1S/C23H15Cl3O3/c1-13-2-9-20-17(10-13)21(27)23(22(29-20)15-4-6-16(24)7-5-15)28-12-14-3-8-18(25)19(26)11-14/h2-11H,12H2,1H3. The Balaban J connectivity index is 1.83. The average molecular weight is 446 g/mol. The van der Waals surface area contributed by atoms with Crippen LogP contribution in [0.25, 0.3) is 22.3 Å². The van der Waals surface area contributed by atoms with Crippen molar-refractivity contribution >= 4 is 45.8 Å². The Morgan fingerprint density at radius 3 is 2.38 bits per heavy atom. The molecule has 0 saturated heterocycles. The van der Waals surface area contributed by atoms with E-state index in [0.29, 0.717) is 37.4 Å². The van der Waals surface area contributed by atoms with Crippen molar-refractivity contribution in [3.05, 3.63) is 97.1 Å². The van der Waals surface area contributed by atoms with Gasteiger partial charge in [-0.1, -0.05) is 52.5 Å². The van der Waals surface area contributed by atoms with Gasteiger partial charge in [0.1, 0.15) is 12.2 Å². The van der Waals surface area contributed by atoms with Gasteiger partial charge in [0.2, 0.25) is 11.2 Å². The molecule has 0 fully saturated rings. The number of ether oxygens (including phenoxy) is 1. The zero-order valence-corrected chi connectivity index (χ0v) is 17.6. The first kappa shape index (κ1) is 19.8. The molecule has 0 atom stereocenters. The van der Waals surface area contributed by atoms with Gasteiger partial charge in [-0.15, -0.1) is 0 Å². The zero-order valence-electron chi connectivity index (χ0n) is 15.3. The van der Waals surface area contributed by atoms with E-state index in [1.165, 1.54) is 0 Å². The molecule has 0 saturated carbocycles. The zero-order chi connectivity index (χ0) is 20.5. The highest BCUT2D eigenvalue weighted by Gasteiger charge is 2.18. The summed E-state index contributed by atoms with van der Waals surface area (Å²) < 4.78 is 12.0. The van der Waals surface area contributed by atoms with Crippen molar-refractivity contribution in [3.8, 4) is 17.1 Å². The smallest absolute Gasteiger partial charge is 0.235 e. The summed E-state index contributed by atoms with van der Waals surface area (Å²) >= 11 is 18.1. The fraction of sp³-hybridized carbons (Fsp3) is 0.0870. The van der Waals surface area contributed by atoms with Crippen molar-refractivity contribution < 1.29 is 9.15 Å². The van der Waals surface area contributed by atoms with E-state index in [0.717, 1.165) is 11.1 Å². The third-order valence-corrected chi connectivity index (χ3v) is 5.47. The molecule has 1 aromatic heterocycles. The number of hydrogen-bond acceptors (Lipinski definition) is 3. The maximum absolute atomic E-state index is 13.2. The van der Waals surface area contributed by atoms with Gasteiger partial charge in [-0.25, -0.2) is 0 Å². The molecule has 0 bridgehead atoms. The molecular formula is C23H15Cl3O3. The SMILES string of the molecule is Cc1ccc2oc(-c3ccc(Cl)cc3)c(OCc3ccc(Cl)c(Cl)c3)c(=O)c2c1. The fourth-order valence-corrected chi connectivity index (χ4v) is 3.45. The van der Waals surface area contributed by atoms with Gasteiger partial charge in [0.25, 0.3) is 0 Å². The maximum atomic E-state index is 13.2. The monoisotopic (exact) mass is 444 g/mol. The topological polar surface area (TPSA) is 39.4 Å². The molecule has 0 spiro atoms. The van der Waals surface area contributed by atoms with Crippen molar-refractivity contribution in [2.75, 3.05) is 0 Å². The third kappa shape index (κ3) is 4.13. The summed E-state index contributed by atoms with van der Waals surface area (Å²) in [6.45, 7) is 2.06. The van der Waals surface area contributed by atoms with E-state index in [2.05, 4.69) is 0 Å². The predicted molar refractivity (Wildman–Crippen MR) is 118 cm³/mol. The summed E-state index contributed by atoms with van der Waals surface area (Å²) in [7, 11) is 0. The van der Waals surface area contributed by atoms with Crippen LogP contribution in [-0.4, -0.2) is 0 Å². The quantitative estimate of drug-likeness (QED) is 0.330. The highest BCUT2D eigenvalue weighted by Crippen LogP contribution is 2.32. The highest BCUT2D eigenvalue weighted by atomic mass is 35.5. The van der Waals surface area contributed by atoms with E-state index >= 15 is 0 Å². The molecule has 3 aromatic carbocycles. The molecule has 0 N–H and O–H groups in total. The molecular weight excluding hydrogens is 431 g/mol. The van der Waals surface area contributed by atoms with Gasteiger partial charge in [0, 0.05) is 10.6 Å². The first-order chi connectivity index (χ1) is 13.9. The summed E-state index contributed by atoms with van der Waals surface area (Å²) in [5.74, 6) is 0.486. The van der Waals surface area contributed by atoms with Crippen LogP contribution < -0.4 is 10.2 Å².